The molecule has 0 aliphatic heterocycles. The maximum absolute atomic E-state index is 12.4. The van der Waals surface area contributed by atoms with Crippen LogP contribution in [0.25, 0.3) is 22.0 Å². The zero-order valence-electron chi connectivity index (χ0n) is 17.5. The van der Waals surface area contributed by atoms with Crippen LogP contribution in [0, 0.1) is 0 Å². The molecule has 1 heterocycles. The van der Waals surface area contributed by atoms with Crippen molar-refractivity contribution in [3.63, 3.8) is 0 Å². The Kier molecular flexibility index (Phi) is 10.1. The molecule has 3 aromatic rings. The molecule has 1 amide bonds. The highest BCUT2D eigenvalue weighted by molar-refractivity contribution is 6.07. The summed E-state index contributed by atoms with van der Waals surface area (Å²) in [4.78, 5) is 46.9. The summed E-state index contributed by atoms with van der Waals surface area (Å²) in [5.41, 5.74) is 2.84. The third-order valence-corrected chi connectivity index (χ3v) is 4.07. The van der Waals surface area contributed by atoms with Gasteiger partial charge >= 0.3 is 11.9 Å². The molecular formula is C23H24N2O6. The highest BCUT2D eigenvalue weighted by Crippen LogP contribution is 2.26. The molecule has 0 atom stereocenters. The van der Waals surface area contributed by atoms with Crippen molar-refractivity contribution in [3.8, 4) is 11.1 Å². The number of carboxylic acid groups (broad SMARTS) is 1. The molecule has 0 bridgehead atoms. The van der Waals surface area contributed by atoms with Crippen molar-refractivity contribution in [2.75, 3.05) is 13.7 Å². The molecule has 0 saturated heterocycles. The summed E-state index contributed by atoms with van der Waals surface area (Å²) in [6.45, 7) is 5.77. The molecule has 0 radical (unpaired) electrons. The average molecular weight is 424 g/mol. The fourth-order valence-electron chi connectivity index (χ4n) is 2.65. The third-order valence-electron chi connectivity index (χ3n) is 4.07. The van der Waals surface area contributed by atoms with Gasteiger partial charge in [0, 0.05) is 11.6 Å². The van der Waals surface area contributed by atoms with E-state index in [1.807, 2.05) is 32.8 Å². The van der Waals surface area contributed by atoms with Gasteiger partial charge in [-0.15, -0.1) is 0 Å². The number of benzene rings is 2. The Morgan fingerprint density at radius 3 is 2.19 bits per heavy atom. The van der Waals surface area contributed by atoms with Crippen molar-refractivity contribution in [1.29, 1.82) is 0 Å². The first-order valence-corrected chi connectivity index (χ1v) is 9.36. The monoisotopic (exact) mass is 424 g/mol. The summed E-state index contributed by atoms with van der Waals surface area (Å²) >= 11 is 0. The lowest BCUT2D eigenvalue weighted by Gasteiger charge is -2.09. The molecule has 0 aliphatic carbocycles. The third kappa shape index (κ3) is 6.46. The number of ether oxygens (including phenoxy) is 1. The number of nitrogens with zero attached hydrogens (tertiary/aromatic N) is 1. The predicted molar refractivity (Wildman–Crippen MR) is 117 cm³/mol. The number of pyridine rings is 1. The van der Waals surface area contributed by atoms with Crippen molar-refractivity contribution in [1.82, 2.24) is 10.3 Å². The van der Waals surface area contributed by atoms with E-state index in [1.165, 1.54) is 25.4 Å². The van der Waals surface area contributed by atoms with Crippen molar-refractivity contribution >= 4 is 35.5 Å². The number of hydrogen-bond donors (Lipinski definition) is 2. The normalized spacial score (nSPS) is 9.39. The number of methoxy groups -OCH3 is 1. The minimum absolute atomic E-state index is 0.198. The van der Waals surface area contributed by atoms with Gasteiger partial charge in [0.25, 0.3) is 5.91 Å². The van der Waals surface area contributed by atoms with Crippen LogP contribution in [0.5, 0.6) is 0 Å². The van der Waals surface area contributed by atoms with Gasteiger partial charge in [-0.3, -0.25) is 14.6 Å². The minimum atomic E-state index is -0.992. The molecule has 3 rings (SSSR count). The topological polar surface area (TPSA) is 123 Å². The van der Waals surface area contributed by atoms with Crippen LogP contribution in [0.2, 0.25) is 0 Å². The van der Waals surface area contributed by atoms with Crippen molar-refractivity contribution < 1.29 is 29.0 Å². The smallest absolute Gasteiger partial charge is 0.335 e. The van der Waals surface area contributed by atoms with Gasteiger partial charge in [0.15, 0.2) is 0 Å². The fourth-order valence-corrected chi connectivity index (χ4v) is 2.65. The summed E-state index contributed by atoms with van der Waals surface area (Å²) in [7, 11) is 1.25. The maximum Gasteiger partial charge on any atom is 0.335 e. The summed E-state index contributed by atoms with van der Waals surface area (Å²) in [6, 6.07) is 13.5. The molecule has 0 aliphatic rings. The number of carbonyl (C=O) groups excluding carboxylic acids is 3. The van der Waals surface area contributed by atoms with E-state index in [0.717, 1.165) is 11.1 Å². The Bertz CT molecular complexity index is 1050. The van der Waals surface area contributed by atoms with Crippen molar-refractivity contribution in [2.24, 2.45) is 0 Å². The number of carbonyl (C=O) groups is 4. The van der Waals surface area contributed by atoms with Crippen LogP contribution >= 0.6 is 0 Å². The second kappa shape index (κ2) is 12.5. The molecule has 162 valence electrons. The van der Waals surface area contributed by atoms with E-state index < -0.39 is 17.8 Å². The number of fused-ring (bicyclic) bond motifs is 1. The van der Waals surface area contributed by atoms with Gasteiger partial charge in [0.2, 0.25) is 0 Å². The lowest BCUT2D eigenvalue weighted by molar-refractivity contribution is -0.139. The molecule has 8 nitrogen and oxygen atoms in total. The van der Waals surface area contributed by atoms with Crippen LogP contribution in [0.3, 0.4) is 0 Å². The Morgan fingerprint density at radius 2 is 1.61 bits per heavy atom. The number of carboxylic acids is 1. The standard InChI is InChI=1S/C20H16N2O5.C2H6.CH2O/c1-27-18(23)11-22-19(24)15-8-9-21-17-7-6-14(10-16(15)17)12-2-4-13(5-3-12)20(25)26;2*1-2/h2-10H,11H2,1H3,(H,22,24)(H,25,26);1-2H3;1H2. The Hall–Kier alpha value is -4.07. The zero-order chi connectivity index (χ0) is 23.4. The van der Waals surface area contributed by atoms with Gasteiger partial charge < -0.3 is 20.0 Å². The van der Waals surface area contributed by atoms with Crippen LogP contribution in [0.4, 0.5) is 0 Å². The van der Waals surface area contributed by atoms with Gasteiger partial charge in [-0.25, -0.2) is 4.79 Å². The molecule has 0 spiro atoms. The lowest BCUT2D eigenvalue weighted by atomic mass is 9.99. The zero-order valence-corrected chi connectivity index (χ0v) is 17.5. The van der Waals surface area contributed by atoms with E-state index in [0.29, 0.717) is 16.5 Å². The van der Waals surface area contributed by atoms with Gasteiger partial charge in [-0.05, 0) is 41.5 Å². The second-order valence-electron chi connectivity index (χ2n) is 5.73. The number of aromatic nitrogens is 1. The first kappa shape index (κ1) is 25.0. The van der Waals surface area contributed by atoms with E-state index in [-0.39, 0.29) is 12.1 Å². The number of amides is 1. The van der Waals surface area contributed by atoms with Crippen LogP contribution in [0.1, 0.15) is 34.6 Å². The van der Waals surface area contributed by atoms with E-state index in [1.54, 1.807) is 24.3 Å². The Morgan fingerprint density at radius 1 is 1.00 bits per heavy atom. The maximum atomic E-state index is 12.4. The largest absolute Gasteiger partial charge is 0.478 e. The first-order valence-electron chi connectivity index (χ1n) is 9.36. The van der Waals surface area contributed by atoms with Crippen LogP contribution in [0.15, 0.2) is 54.7 Å². The van der Waals surface area contributed by atoms with Gasteiger partial charge in [0.1, 0.15) is 13.3 Å². The van der Waals surface area contributed by atoms with Crippen molar-refractivity contribution in [3.05, 3.63) is 65.9 Å². The quantitative estimate of drug-likeness (QED) is 0.602. The molecule has 0 saturated carbocycles. The Labute approximate surface area is 179 Å². The number of rotatable bonds is 5. The minimum Gasteiger partial charge on any atom is -0.478 e. The van der Waals surface area contributed by atoms with E-state index in [9.17, 15) is 14.4 Å². The highest BCUT2D eigenvalue weighted by Gasteiger charge is 2.13. The van der Waals surface area contributed by atoms with E-state index >= 15 is 0 Å². The Balaban J connectivity index is 0.00000113. The molecule has 8 heteroatoms. The van der Waals surface area contributed by atoms with Gasteiger partial charge in [-0.2, -0.15) is 0 Å². The summed E-state index contributed by atoms with van der Waals surface area (Å²) in [6.07, 6.45) is 1.52. The molecule has 0 unspecified atom stereocenters. The summed E-state index contributed by atoms with van der Waals surface area (Å²) in [5, 5.41) is 12.1. The predicted octanol–water partition coefficient (Wildman–Crippen LogP) is 3.34. The molecule has 2 N–H and O–H groups in total. The molecule has 1 aromatic heterocycles. The molecule has 0 fully saturated rings. The number of esters is 1. The number of nitrogens with one attached hydrogen (secondary N) is 1. The SMILES string of the molecule is C=O.CC.COC(=O)CNC(=O)c1ccnc2ccc(-c3ccc(C(=O)O)cc3)cc12. The molecular weight excluding hydrogens is 400 g/mol. The first-order chi connectivity index (χ1) is 15.0. The van der Waals surface area contributed by atoms with E-state index in [2.05, 4.69) is 15.0 Å². The average Bonchev–Trinajstić information content (AvgIpc) is 2.84. The molecule has 2 aromatic carbocycles. The van der Waals surface area contributed by atoms with Crippen molar-refractivity contribution in [2.45, 2.75) is 13.8 Å². The van der Waals surface area contributed by atoms with Crippen LogP contribution < -0.4 is 5.32 Å². The number of hydrogen-bond acceptors (Lipinski definition) is 6. The van der Waals surface area contributed by atoms with E-state index in [4.69, 9.17) is 9.90 Å². The summed E-state index contributed by atoms with van der Waals surface area (Å²) < 4.78 is 4.52. The van der Waals surface area contributed by atoms with Crippen LogP contribution in [-0.4, -0.2) is 48.4 Å². The summed E-state index contributed by atoms with van der Waals surface area (Å²) in [5.74, 6) is -1.94. The van der Waals surface area contributed by atoms with Gasteiger partial charge in [-0.1, -0.05) is 32.0 Å². The lowest BCUT2D eigenvalue weighted by Crippen LogP contribution is -2.30. The number of aromatic carboxylic acids is 1. The van der Waals surface area contributed by atoms with Gasteiger partial charge in [0.05, 0.1) is 23.8 Å². The second-order valence-corrected chi connectivity index (χ2v) is 5.73. The highest BCUT2D eigenvalue weighted by atomic mass is 16.5. The fraction of sp³-hybridized carbons (Fsp3) is 0.174. The van der Waals surface area contributed by atoms with Crippen LogP contribution in [-0.2, 0) is 14.3 Å². The molecule has 31 heavy (non-hydrogen) atoms.